The number of sulfonamides is 1. The Morgan fingerprint density at radius 3 is 2.30 bits per heavy atom. The predicted molar refractivity (Wildman–Crippen MR) is 72.5 cm³/mol. The molecule has 1 N–H and O–H groups in total. The molecule has 2 aliphatic heterocycles. The molecular formula is C11H19NO6S2. The number of aliphatic carboxylic acids is 1. The van der Waals surface area contributed by atoms with Crippen molar-refractivity contribution in [2.45, 2.75) is 31.4 Å². The minimum Gasteiger partial charge on any atom is -0.481 e. The minimum atomic E-state index is -3.61. The maximum absolute atomic E-state index is 12.4. The Hall–Kier alpha value is -0.670. The van der Waals surface area contributed by atoms with Gasteiger partial charge < -0.3 is 5.11 Å². The smallest absolute Gasteiger partial charge is 0.310 e. The topological polar surface area (TPSA) is 109 Å². The van der Waals surface area contributed by atoms with Crippen LogP contribution >= 0.6 is 0 Å². The van der Waals surface area contributed by atoms with Gasteiger partial charge in [0.25, 0.3) is 0 Å². The summed E-state index contributed by atoms with van der Waals surface area (Å²) >= 11 is 0. The van der Waals surface area contributed by atoms with Gasteiger partial charge in [0.2, 0.25) is 10.0 Å². The van der Waals surface area contributed by atoms with Crippen molar-refractivity contribution < 1.29 is 26.7 Å². The number of carboxylic acid groups (broad SMARTS) is 1. The molecule has 0 spiro atoms. The summed E-state index contributed by atoms with van der Waals surface area (Å²) in [6.07, 6.45) is 0.489. The van der Waals surface area contributed by atoms with Gasteiger partial charge in [-0.3, -0.25) is 4.79 Å². The Bertz CT molecular complexity index is 597. The second-order valence-corrected chi connectivity index (χ2v) is 10.4. The van der Waals surface area contributed by atoms with E-state index in [2.05, 4.69) is 0 Å². The summed E-state index contributed by atoms with van der Waals surface area (Å²) in [5, 5.41) is 8.43. The first-order valence-electron chi connectivity index (χ1n) is 6.50. The zero-order chi connectivity index (χ0) is 15.2. The van der Waals surface area contributed by atoms with Crippen molar-refractivity contribution in [3.63, 3.8) is 0 Å². The van der Waals surface area contributed by atoms with Crippen LogP contribution in [0.4, 0.5) is 0 Å². The molecule has 1 unspecified atom stereocenters. The van der Waals surface area contributed by atoms with Gasteiger partial charge in [-0.25, -0.2) is 21.1 Å². The average Bonchev–Trinajstić information content (AvgIpc) is 2.73. The molecule has 0 aromatic heterocycles. The van der Waals surface area contributed by atoms with Crippen LogP contribution in [-0.2, 0) is 24.7 Å². The first kappa shape index (κ1) is 15.7. The van der Waals surface area contributed by atoms with Crippen molar-refractivity contribution in [2.75, 3.05) is 24.6 Å². The third-order valence-electron chi connectivity index (χ3n) is 4.24. The molecule has 0 saturated carbocycles. The molecule has 20 heavy (non-hydrogen) atoms. The standard InChI is InChI=1S/C11H19NO6S2/c1-11(10(13)14)4-5-12(8-11)20(17,18)9-2-6-19(15,16)7-3-9/h9H,2-8H2,1H3,(H,13,14). The molecule has 7 nitrogen and oxygen atoms in total. The van der Waals surface area contributed by atoms with Crippen molar-refractivity contribution in [2.24, 2.45) is 5.41 Å². The molecule has 2 saturated heterocycles. The monoisotopic (exact) mass is 325 g/mol. The molecule has 116 valence electrons. The van der Waals surface area contributed by atoms with Gasteiger partial charge in [0.15, 0.2) is 0 Å². The van der Waals surface area contributed by atoms with Crippen LogP contribution in [0.25, 0.3) is 0 Å². The van der Waals surface area contributed by atoms with Crippen LogP contribution in [0.15, 0.2) is 0 Å². The van der Waals surface area contributed by atoms with E-state index in [0.717, 1.165) is 0 Å². The van der Waals surface area contributed by atoms with E-state index in [9.17, 15) is 21.6 Å². The summed E-state index contributed by atoms with van der Waals surface area (Å²) in [5.74, 6) is -1.22. The first-order chi connectivity index (χ1) is 9.07. The number of hydrogen-bond donors (Lipinski definition) is 1. The molecule has 2 fully saturated rings. The maximum Gasteiger partial charge on any atom is 0.310 e. The molecule has 2 aliphatic rings. The van der Waals surface area contributed by atoms with Gasteiger partial charge in [0, 0.05) is 13.1 Å². The Labute approximate surface area is 118 Å². The summed E-state index contributed by atoms with van der Waals surface area (Å²) in [5.41, 5.74) is -1.05. The maximum atomic E-state index is 12.4. The molecule has 0 aliphatic carbocycles. The zero-order valence-corrected chi connectivity index (χ0v) is 12.9. The fourth-order valence-corrected chi connectivity index (χ4v) is 6.54. The van der Waals surface area contributed by atoms with Crippen molar-refractivity contribution >= 4 is 25.8 Å². The van der Waals surface area contributed by atoms with Crippen molar-refractivity contribution in [3.8, 4) is 0 Å². The Morgan fingerprint density at radius 2 is 1.85 bits per heavy atom. The number of sulfone groups is 1. The van der Waals surface area contributed by atoms with E-state index in [4.69, 9.17) is 5.11 Å². The van der Waals surface area contributed by atoms with E-state index in [1.54, 1.807) is 0 Å². The Morgan fingerprint density at radius 1 is 1.30 bits per heavy atom. The third-order valence-corrected chi connectivity index (χ3v) is 8.30. The van der Waals surface area contributed by atoms with E-state index < -0.39 is 36.5 Å². The highest BCUT2D eigenvalue weighted by molar-refractivity contribution is 7.92. The zero-order valence-electron chi connectivity index (χ0n) is 11.3. The summed E-state index contributed by atoms with van der Waals surface area (Å²) < 4.78 is 48.8. The van der Waals surface area contributed by atoms with Crippen LogP contribution < -0.4 is 0 Å². The lowest BCUT2D eigenvalue weighted by atomic mass is 9.90. The number of nitrogens with zero attached hydrogens (tertiary/aromatic N) is 1. The van der Waals surface area contributed by atoms with E-state index in [0.29, 0.717) is 0 Å². The first-order valence-corrected chi connectivity index (χ1v) is 9.82. The van der Waals surface area contributed by atoms with Gasteiger partial charge in [-0.2, -0.15) is 0 Å². The van der Waals surface area contributed by atoms with Crippen LogP contribution in [0, 0.1) is 5.41 Å². The number of hydrogen-bond acceptors (Lipinski definition) is 5. The quantitative estimate of drug-likeness (QED) is 0.762. The molecular weight excluding hydrogens is 306 g/mol. The second kappa shape index (κ2) is 4.96. The van der Waals surface area contributed by atoms with Gasteiger partial charge in [-0.05, 0) is 26.2 Å². The van der Waals surface area contributed by atoms with E-state index >= 15 is 0 Å². The molecule has 0 aromatic rings. The van der Waals surface area contributed by atoms with Gasteiger partial charge in [-0.1, -0.05) is 0 Å². The Balaban J connectivity index is 2.11. The molecule has 1 atom stereocenters. The molecule has 0 aromatic carbocycles. The lowest BCUT2D eigenvalue weighted by Gasteiger charge is -2.27. The molecule has 2 rings (SSSR count). The fourth-order valence-electron chi connectivity index (χ4n) is 2.69. The lowest BCUT2D eigenvalue weighted by molar-refractivity contribution is -0.146. The third kappa shape index (κ3) is 2.84. The summed E-state index contributed by atoms with van der Waals surface area (Å²) in [6.45, 7) is 1.69. The largest absolute Gasteiger partial charge is 0.481 e. The fraction of sp³-hybridized carbons (Fsp3) is 0.909. The van der Waals surface area contributed by atoms with Gasteiger partial charge in [-0.15, -0.1) is 0 Å². The van der Waals surface area contributed by atoms with E-state index in [-0.39, 0.29) is 43.9 Å². The highest BCUT2D eigenvalue weighted by atomic mass is 32.2. The molecule has 0 amide bonds. The second-order valence-electron chi connectivity index (χ2n) is 5.85. The number of rotatable bonds is 3. The van der Waals surface area contributed by atoms with Crippen LogP contribution in [0.2, 0.25) is 0 Å². The lowest BCUT2D eigenvalue weighted by Crippen LogP contribution is -2.43. The average molecular weight is 325 g/mol. The van der Waals surface area contributed by atoms with Crippen molar-refractivity contribution in [3.05, 3.63) is 0 Å². The van der Waals surface area contributed by atoms with Gasteiger partial charge in [0.05, 0.1) is 22.2 Å². The summed E-state index contributed by atoms with van der Waals surface area (Å²) in [6, 6.07) is 0. The summed E-state index contributed by atoms with van der Waals surface area (Å²) in [7, 11) is -6.72. The molecule has 0 radical (unpaired) electrons. The molecule has 9 heteroatoms. The minimum absolute atomic E-state index is 0.0338. The van der Waals surface area contributed by atoms with Gasteiger partial charge in [0.1, 0.15) is 9.84 Å². The van der Waals surface area contributed by atoms with Crippen molar-refractivity contribution in [1.82, 2.24) is 4.31 Å². The summed E-state index contributed by atoms with van der Waals surface area (Å²) in [4.78, 5) is 11.2. The number of carbonyl (C=O) groups is 1. The van der Waals surface area contributed by atoms with Gasteiger partial charge >= 0.3 is 5.97 Å². The van der Waals surface area contributed by atoms with E-state index in [1.165, 1.54) is 11.2 Å². The predicted octanol–water partition coefficient (Wildman–Crippen LogP) is -0.310. The number of carboxylic acids is 1. The van der Waals surface area contributed by atoms with Crippen LogP contribution in [0.1, 0.15) is 26.2 Å². The molecule has 2 heterocycles. The van der Waals surface area contributed by atoms with Crippen LogP contribution in [0.5, 0.6) is 0 Å². The van der Waals surface area contributed by atoms with Crippen LogP contribution in [0.3, 0.4) is 0 Å². The van der Waals surface area contributed by atoms with E-state index in [1.807, 2.05) is 0 Å². The highest BCUT2D eigenvalue weighted by Gasteiger charge is 2.47. The van der Waals surface area contributed by atoms with Crippen LogP contribution in [-0.4, -0.2) is 62.1 Å². The Kier molecular flexibility index (Phi) is 3.89. The normalized spacial score (nSPS) is 32.2. The highest BCUT2D eigenvalue weighted by Crippen LogP contribution is 2.34. The molecule has 0 bridgehead atoms. The SMILES string of the molecule is CC1(C(=O)O)CCN(S(=O)(=O)C2CCS(=O)(=O)CC2)C1. The van der Waals surface area contributed by atoms with Crippen molar-refractivity contribution in [1.29, 1.82) is 0 Å².